The quantitative estimate of drug-likeness (QED) is 0.0653. The molecule has 4 rings (SSSR count). The van der Waals surface area contributed by atoms with Crippen molar-refractivity contribution < 1.29 is 24.3 Å². The van der Waals surface area contributed by atoms with Crippen molar-refractivity contribution in [2.45, 2.75) is 62.7 Å². The van der Waals surface area contributed by atoms with Gasteiger partial charge in [0.25, 0.3) is 0 Å². The number of aliphatic carboxylic acids is 1. The molecule has 3 heterocycles. The number of rotatable bonds is 14. The van der Waals surface area contributed by atoms with Crippen LogP contribution in [0, 0.1) is 0 Å². The van der Waals surface area contributed by atoms with E-state index in [0.717, 1.165) is 16.5 Å². The molecule has 3 aromatic rings. The van der Waals surface area contributed by atoms with Crippen LogP contribution in [0.2, 0.25) is 0 Å². The Balaban J connectivity index is 1.55. The summed E-state index contributed by atoms with van der Waals surface area (Å²) in [5, 5.41) is 16.1. The van der Waals surface area contributed by atoms with Crippen LogP contribution in [0.3, 0.4) is 0 Å². The molecule has 0 aliphatic carbocycles. The number of fused-ring (bicyclic) bond motifs is 1. The highest BCUT2D eigenvalue weighted by atomic mass is 16.4. The second-order valence-corrected chi connectivity index (χ2v) is 10.6. The topological polar surface area (TPSA) is 251 Å². The van der Waals surface area contributed by atoms with Crippen LogP contribution in [-0.2, 0) is 32.0 Å². The maximum Gasteiger partial charge on any atom is 0.326 e. The minimum atomic E-state index is -1.11. The number of nitrogens with zero attached hydrogens (tertiary/aromatic N) is 3. The number of carboxylic acid groups (broad SMARTS) is 1. The molecule has 0 radical (unpaired) electrons. The van der Waals surface area contributed by atoms with Crippen molar-refractivity contribution in [2.24, 2.45) is 22.2 Å². The number of amides is 3. The van der Waals surface area contributed by atoms with Crippen molar-refractivity contribution >= 4 is 40.6 Å². The van der Waals surface area contributed by atoms with Gasteiger partial charge in [0.1, 0.15) is 18.1 Å². The van der Waals surface area contributed by atoms with E-state index in [1.54, 1.807) is 6.20 Å². The number of aromatic amines is 2. The monoisotopic (exact) mass is 594 g/mol. The smallest absolute Gasteiger partial charge is 0.326 e. The third-order valence-electron chi connectivity index (χ3n) is 7.45. The second-order valence-electron chi connectivity index (χ2n) is 10.6. The summed E-state index contributed by atoms with van der Waals surface area (Å²) in [5.74, 6) is -2.85. The van der Waals surface area contributed by atoms with E-state index in [0.29, 0.717) is 31.5 Å². The molecular weight excluding hydrogens is 556 g/mol. The molecule has 4 atom stereocenters. The van der Waals surface area contributed by atoms with Gasteiger partial charge in [-0.25, -0.2) is 9.78 Å². The number of carbonyl (C=O) groups excluding carboxylic acids is 3. The molecule has 3 amide bonds. The lowest BCUT2D eigenvalue weighted by molar-refractivity contribution is -0.149. The molecule has 1 fully saturated rings. The van der Waals surface area contributed by atoms with Gasteiger partial charge in [-0.15, -0.1) is 0 Å². The fraction of sp³-hybridized carbons (Fsp3) is 0.429. The number of nitrogens with one attached hydrogen (secondary N) is 4. The molecule has 15 heteroatoms. The predicted octanol–water partition coefficient (Wildman–Crippen LogP) is -0.898. The zero-order chi connectivity index (χ0) is 30.9. The van der Waals surface area contributed by atoms with Gasteiger partial charge in [0, 0.05) is 54.9 Å². The summed E-state index contributed by atoms with van der Waals surface area (Å²) in [6.07, 6.45) is 6.48. The number of benzene rings is 1. The van der Waals surface area contributed by atoms with Crippen molar-refractivity contribution in [3.63, 3.8) is 0 Å². The summed E-state index contributed by atoms with van der Waals surface area (Å²) in [4.78, 5) is 67.7. The fourth-order valence-electron chi connectivity index (χ4n) is 5.23. The maximum atomic E-state index is 13.8. The summed E-state index contributed by atoms with van der Waals surface area (Å²) in [5.41, 5.74) is 19.0. The number of hydrogen-bond donors (Lipinski definition) is 8. The molecule has 0 spiro atoms. The fourth-order valence-corrected chi connectivity index (χ4v) is 5.23. The first-order valence-electron chi connectivity index (χ1n) is 14.1. The lowest BCUT2D eigenvalue weighted by Gasteiger charge is -2.29. The average Bonchev–Trinajstić information content (AvgIpc) is 3.75. The van der Waals surface area contributed by atoms with Gasteiger partial charge in [-0.2, -0.15) is 0 Å². The molecule has 11 N–H and O–H groups in total. The molecule has 230 valence electrons. The van der Waals surface area contributed by atoms with Crippen LogP contribution in [0.1, 0.15) is 36.9 Å². The van der Waals surface area contributed by atoms with Crippen molar-refractivity contribution in [2.75, 3.05) is 13.1 Å². The molecule has 43 heavy (non-hydrogen) atoms. The van der Waals surface area contributed by atoms with Crippen LogP contribution in [0.25, 0.3) is 10.9 Å². The minimum Gasteiger partial charge on any atom is -0.480 e. The summed E-state index contributed by atoms with van der Waals surface area (Å²) < 4.78 is 0. The van der Waals surface area contributed by atoms with Gasteiger partial charge in [-0.1, -0.05) is 18.2 Å². The Morgan fingerprint density at radius 1 is 1.09 bits per heavy atom. The number of carbonyl (C=O) groups is 4. The lowest BCUT2D eigenvalue weighted by atomic mass is 10.0. The van der Waals surface area contributed by atoms with Gasteiger partial charge in [0.2, 0.25) is 17.7 Å². The largest absolute Gasteiger partial charge is 0.480 e. The highest BCUT2D eigenvalue weighted by molar-refractivity contribution is 5.95. The van der Waals surface area contributed by atoms with E-state index in [2.05, 4.69) is 30.6 Å². The van der Waals surface area contributed by atoms with E-state index in [4.69, 9.17) is 17.2 Å². The summed E-state index contributed by atoms with van der Waals surface area (Å²) in [7, 11) is 0. The molecule has 1 aromatic carbocycles. The van der Waals surface area contributed by atoms with E-state index in [9.17, 15) is 24.3 Å². The maximum absolute atomic E-state index is 13.8. The Morgan fingerprint density at radius 3 is 2.58 bits per heavy atom. The van der Waals surface area contributed by atoms with E-state index in [1.165, 1.54) is 17.4 Å². The number of H-pyrrole nitrogens is 2. The Morgan fingerprint density at radius 2 is 1.86 bits per heavy atom. The van der Waals surface area contributed by atoms with Crippen LogP contribution in [0.15, 0.2) is 48.0 Å². The van der Waals surface area contributed by atoms with Gasteiger partial charge < -0.3 is 47.8 Å². The van der Waals surface area contributed by atoms with Crippen molar-refractivity contribution in [3.8, 4) is 0 Å². The highest BCUT2D eigenvalue weighted by Crippen LogP contribution is 2.23. The summed E-state index contributed by atoms with van der Waals surface area (Å²) in [6, 6.07) is 3.42. The first-order valence-corrected chi connectivity index (χ1v) is 14.1. The van der Waals surface area contributed by atoms with Crippen LogP contribution >= 0.6 is 0 Å². The SMILES string of the molecule is NC(N)=NCCCC(N)C(=O)NC(Cc1cnc[nH]1)C(=O)NC(Cc1c[nH]c2ccccc12)C(=O)N1CCCC1C(=O)O. The number of imidazole rings is 1. The van der Waals surface area contributed by atoms with E-state index >= 15 is 0 Å². The Kier molecular flexibility index (Phi) is 10.3. The van der Waals surface area contributed by atoms with E-state index in [1.807, 2.05) is 24.3 Å². The van der Waals surface area contributed by atoms with E-state index in [-0.39, 0.29) is 31.8 Å². The van der Waals surface area contributed by atoms with Gasteiger partial charge in [-0.05, 0) is 37.3 Å². The standard InChI is InChI=1S/C28H38N10O5/c29-19(6-3-9-33-28(30)31)24(39)36-21(12-17-14-32-15-35-17)25(40)37-22(26(41)38-10-4-8-23(38)27(42)43)11-16-13-34-20-7-2-1-5-18(16)20/h1-2,5,7,13-15,19,21-23,34H,3-4,6,8-12,29H2,(H,32,35)(H,36,39)(H,37,40)(H,42,43)(H4,30,31,33). The number of guanidine groups is 1. The molecule has 0 saturated carbocycles. The third kappa shape index (κ3) is 8.09. The van der Waals surface area contributed by atoms with Crippen molar-refractivity contribution in [3.05, 3.63) is 54.2 Å². The lowest BCUT2D eigenvalue weighted by Crippen LogP contribution is -2.58. The van der Waals surface area contributed by atoms with E-state index < -0.39 is 47.9 Å². The molecule has 2 aromatic heterocycles. The molecule has 0 bridgehead atoms. The Labute approximate surface area is 247 Å². The number of likely N-dealkylation sites (tertiary alicyclic amines) is 1. The molecule has 1 saturated heterocycles. The number of aromatic nitrogens is 3. The molecule has 15 nitrogen and oxygen atoms in total. The Bertz CT molecular complexity index is 1450. The van der Waals surface area contributed by atoms with Gasteiger partial charge in [0.05, 0.1) is 12.4 Å². The number of para-hydroxylation sites is 1. The minimum absolute atomic E-state index is 0.0494. The molecule has 1 aliphatic heterocycles. The van der Waals surface area contributed by atoms with Crippen molar-refractivity contribution in [1.29, 1.82) is 0 Å². The number of nitrogens with two attached hydrogens (primary N) is 3. The third-order valence-corrected chi connectivity index (χ3v) is 7.45. The average molecular weight is 595 g/mol. The first-order chi connectivity index (χ1) is 20.6. The normalized spacial score (nSPS) is 16.8. The number of aliphatic imine (C=N–C) groups is 1. The summed E-state index contributed by atoms with van der Waals surface area (Å²) in [6.45, 7) is 0.561. The van der Waals surface area contributed by atoms with Crippen LogP contribution in [0.4, 0.5) is 0 Å². The number of carboxylic acids is 1. The molecule has 1 aliphatic rings. The molecular formula is C28H38N10O5. The second kappa shape index (κ2) is 14.3. The van der Waals surface area contributed by atoms with Gasteiger partial charge in [-0.3, -0.25) is 19.4 Å². The van der Waals surface area contributed by atoms with Crippen LogP contribution in [-0.4, -0.2) is 91.9 Å². The zero-order valence-corrected chi connectivity index (χ0v) is 23.7. The molecule has 4 unspecified atom stereocenters. The van der Waals surface area contributed by atoms with Crippen molar-refractivity contribution in [1.82, 2.24) is 30.5 Å². The predicted molar refractivity (Wildman–Crippen MR) is 158 cm³/mol. The van der Waals surface area contributed by atoms with Gasteiger partial charge >= 0.3 is 5.97 Å². The zero-order valence-electron chi connectivity index (χ0n) is 23.7. The van der Waals surface area contributed by atoms with Crippen LogP contribution < -0.4 is 27.8 Å². The van der Waals surface area contributed by atoms with Crippen LogP contribution in [0.5, 0.6) is 0 Å². The van der Waals surface area contributed by atoms with Gasteiger partial charge in [0.15, 0.2) is 5.96 Å². The Hall–Kier alpha value is -4.92. The summed E-state index contributed by atoms with van der Waals surface area (Å²) >= 11 is 0. The highest BCUT2D eigenvalue weighted by Gasteiger charge is 2.38. The number of hydrogen-bond acceptors (Lipinski definition) is 7. The first kappa shape index (κ1) is 31.0.